The van der Waals surface area contributed by atoms with E-state index in [1.54, 1.807) is 30.3 Å². The van der Waals surface area contributed by atoms with Crippen LogP contribution in [0.3, 0.4) is 0 Å². The summed E-state index contributed by atoms with van der Waals surface area (Å²) >= 11 is 0. The fourth-order valence-corrected chi connectivity index (χ4v) is 14.1. The molecule has 0 aliphatic carbocycles. The van der Waals surface area contributed by atoms with Gasteiger partial charge in [0, 0.05) is 0 Å². The van der Waals surface area contributed by atoms with Crippen LogP contribution in [-0.2, 0) is 20.3 Å². The van der Waals surface area contributed by atoms with E-state index >= 15 is 0 Å². The Labute approximate surface area is 231 Å². The second-order valence-electron chi connectivity index (χ2n) is 9.63. The van der Waals surface area contributed by atoms with Gasteiger partial charge in [-0.1, -0.05) is 0 Å². The molecular weight excluding hydrogens is 519 g/mol. The summed E-state index contributed by atoms with van der Waals surface area (Å²) in [6.45, 7) is 1.73. The van der Waals surface area contributed by atoms with Crippen molar-refractivity contribution in [3.8, 4) is 0 Å². The van der Waals surface area contributed by atoms with Crippen LogP contribution in [0, 0.1) is 6.92 Å². The first-order valence-corrected chi connectivity index (χ1v) is 16.6. The number of rotatable bonds is 9. The van der Waals surface area contributed by atoms with Gasteiger partial charge in [0.25, 0.3) is 0 Å². The van der Waals surface area contributed by atoms with Crippen molar-refractivity contribution in [1.82, 2.24) is 0 Å². The Hall–Kier alpha value is -3.82. The van der Waals surface area contributed by atoms with E-state index in [2.05, 4.69) is 6.58 Å². The van der Waals surface area contributed by atoms with Crippen molar-refractivity contribution < 1.29 is 12.4 Å². The van der Waals surface area contributed by atoms with E-state index in [0.29, 0.717) is 6.16 Å². The van der Waals surface area contributed by atoms with Gasteiger partial charge in [-0.3, -0.25) is 0 Å². The van der Waals surface area contributed by atoms with E-state index in [1.165, 1.54) is 0 Å². The molecule has 0 aliphatic rings. The second-order valence-corrected chi connectivity index (χ2v) is 15.9. The molecule has 0 aromatic heterocycles. The summed E-state index contributed by atoms with van der Waals surface area (Å²) in [6, 6.07) is 44.3. The summed E-state index contributed by atoms with van der Waals surface area (Å²) in [5.74, 6) is 0. The van der Waals surface area contributed by atoms with E-state index in [-0.39, 0.29) is 4.90 Å². The van der Waals surface area contributed by atoms with E-state index in [4.69, 9.17) is 3.97 Å². The quantitative estimate of drug-likeness (QED) is 0.186. The van der Waals surface area contributed by atoms with Crippen molar-refractivity contribution >= 4 is 38.9 Å². The molecule has 196 valence electrons. The molecule has 0 bridgehead atoms. The molecule has 5 aromatic carbocycles. The van der Waals surface area contributed by atoms with Crippen molar-refractivity contribution in [2.45, 2.75) is 18.0 Å². The average Bonchev–Trinajstić information content (AvgIpc) is 2.98. The Morgan fingerprint density at radius 1 is 0.667 bits per heavy atom. The van der Waals surface area contributed by atoms with E-state index < -0.39 is 16.9 Å². The van der Waals surface area contributed by atoms with Gasteiger partial charge < -0.3 is 0 Å². The van der Waals surface area contributed by atoms with Crippen LogP contribution in [0.2, 0.25) is 0 Å². The minimum absolute atomic E-state index is 0.123. The van der Waals surface area contributed by atoms with Crippen molar-refractivity contribution in [2.75, 3.05) is 0 Å². The van der Waals surface area contributed by atoms with Gasteiger partial charge in [0.15, 0.2) is 0 Å². The number of hydrogen-bond acceptors (Lipinski definition) is 3. The Morgan fingerprint density at radius 2 is 1.15 bits per heavy atom. The van der Waals surface area contributed by atoms with Crippen LogP contribution in [0.1, 0.15) is 16.7 Å². The zero-order valence-corrected chi connectivity index (χ0v) is 23.6. The Balaban J connectivity index is 2.00. The summed E-state index contributed by atoms with van der Waals surface area (Å²) in [6.07, 6.45) is 2.13. The molecule has 0 amide bonds. The van der Waals surface area contributed by atoms with Gasteiger partial charge in [0.2, 0.25) is 0 Å². The molecule has 0 fully saturated rings. The van der Waals surface area contributed by atoms with Gasteiger partial charge in [-0.25, -0.2) is 0 Å². The molecule has 0 unspecified atom stereocenters. The molecule has 39 heavy (non-hydrogen) atoms. The van der Waals surface area contributed by atoms with Gasteiger partial charge in [-0.15, -0.1) is 0 Å². The predicted octanol–water partition coefficient (Wildman–Crippen LogP) is 6.99. The topological polar surface area (TPSA) is 43.4 Å². The summed E-state index contributed by atoms with van der Waals surface area (Å²) in [4.78, 5) is 0.123. The second kappa shape index (κ2) is 10.7. The zero-order chi connectivity index (χ0) is 27.4. The molecule has 5 aromatic rings. The van der Waals surface area contributed by atoms with Crippen molar-refractivity contribution in [3.63, 3.8) is 0 Å². The number of aryl methyl sites for hydroxylation is 1. The van der Waals surface area contributed by atoms with Gasteiger partial charge in [0.1, 0.15) is 0 Å². The molecule has 0 atom stereocenters. The SMILES string of the molecule is C=Cc1ccccc1P(Cc1ccccc1)(OS(=O)(=O)c1ccc(C)cc1)(c1ccccc1)c1ccccc1. The van der Waals surface area contributed by atoms with Gasteiger partial charge in [0.05, 0.1) is 0 Å². The molecule has 0 saturated carbocycles. The predicted molar refractivity (Wildman–Crippen MR) is 165 cm³/mol. The van der Waals surface area contributed by atoms with Crippen LogP contribution >= 0.6 is 6.83 Å². The fourth-order valence-electron chi connectivity index (χ4n) is 5.32. The van der Waals surface area contributed by atoms with Gasteiger partial charge in [-0.05, 0) is 0 Å². The summed E-state index contributed by atoms with van der Waals surface area (Å²) in [5.41, 5.74) is 2.78. The maximum absolute atomic E-state index is 14.5. The Bertz CT molecular complexity index is 1640. The monoisotopic (exact) mass is 550 g/mol. The third-order valence-corrected chi connectivity index (χ3v) is 15.3. The van der Waals surface area contributed by atoms with Gasteiger partial charge >= 0.3 is 232 Å². The third kappa shape index (κ3) is 4.77. The van der Waals surface area contributed by atoms with Crippen molar-refractivity contribution in [1.29, 1.82) is 0 Å². The van der Waals surface area contributed by atoms with Crippen LogP contribution in [0.4, 0.5) is 0 Å². The van der Waals surface area contributed by atoms with E-state index in [9.17, 15) is 8.42 Å². The maximum atomic E-state index is 14.5. The molecule has 5 heteroatoms. The minimum atomic E-state index is -4.31. The molecule has 5 rings (SSSR count). The standard InChI is InChI=1S/C34H31O3PS/c1-3-30-17-13-14-22-34(30)38(31-18-9-5-10-19-31,32-20-11-6-12-21-32,27-29-15-7-4-8-16-29)37-39(35,36)33-25-23-28(2)24-26-33/h3-26H,1,27H2,2H3. The average molecular weight is 551 g/mol. The molecule has 0 N–H and O–H groups in total. The Morgan fingerprint density at radius 3 is 1.69 bits per heavy atom. The molecule has 0 aliphatic heterocycles. The molecule has 3 nitrogen and oxygen atoms in total. The molecule has 0 saturated heterocycles. The van der Waals surface area contributed by atoms with Crippen LogP contribution in [-0.4, -0.2) is 8.42 Å². The third-order valence-electron chi connectivity index (χ3n) is 7.17. The fraction of sp³-hybridized carbons (Fsp3) is 0.0588. The first-order valence-electron chi connectivity index (χ1n) is 12.8. The number of benzene rings is 5. The molecule has 0 radical (unpaired) electrons. The zero-order valence-electron chi connectivity index (χ0n) is 21.9. The summed E-state index contributed by atoms with van der Waals surface area (Å²) < 4.78 is 35.9. The Kier molecular flexibility index (Phi) is 7.38. The van der Waals surface area contributed by atoms with Crippen LogP contribution in [0.25, 0.3) is 6.08 Å². The van der Waals surface area contributed by atoms with E-state index in [1.807, 2.05) is 122 Å². The molecule has 0 heterocycles. The van der Waals surface area contributed by atoms with Crippen LogP contribution < -0.4 is 15.9 Å². The molecular formula is C34H31O3PS. The van der Waals surface area contributed by atoms with Crippen LogP contribution in [0.5, 0.6) is 0 Å². The van der Waals surface area contributed by atoms with E-state index in [0.717, 1.165) is 32.6 Å². The van der Waals surface area contributed by atoms with Gasteiger partial charge in [-0.2, -0.15) is 0 Å². The molecule has 0 spiro atoms. The summed E-state index contributed by atoms with van der Waals surface area (Å²) in [5, 5.41) is 2.46. The normalized spacial score (nSPS) is 12.8. The first kappa shape index (κ1) is 26.8. The summed E-state index contributed by atoms with van der Waals surface area (Å²) in [7, 11) is -4.26. The van der Waals surface area contributed by atoms with Crippen LogP contribution in [0.15, 0.2) is 151 Å². The number of hydrogen-bond donors (Lipinski definition) is 0. The first-order chi connectivity index (χ1) is 18.9. The van der Waals surface area contributed by atoms with Crippen molar-refractivity contribution in [3.05, 3.63) is 163 Å². The van der Waals surface area contributed by atoms with Crippen molar-refractivity contribution in [2.24, 2.45) is 0 Å².